The van der Waals surface area contributed by atoms with Gasteiger partial charge >= 0.3 is 0 Å². The van der Waals surface area contributed by atoms with E-state index in [-0.39, 0.29) is 0 Å². The Hall–Kier alpha value is -2.02. The summed E-state index contributed by atoms with van der Waals surface area (Å²) < 4.78 is 5.93. The van der Waals surface area contributed by atoms with Gasteiger partial charge in [-0.25, -0.2) is 0 Å². The molecule has 1 nitrogen and oxygen atoms in total. The van der Waals surface area contributed by atoms with Gasteiger partial charge in [-0.1, -0.05) is 55.5 Å². The molecule has 0 aliphatic heterocycles. The second-order valence-corrected chi connectivity index (χ2v) is 4.13. The first-order chi connectivity index (χ1) is 8.40. The highest BCUT2D eigenvalue weighted by Gasteiger charge is 2.07. The third-order valence-electron chi connectivity index (χ3n) is 2.97. The van der Waals surface area contributed by atoms with Crippen molar-refractivity contribution in [2.75, 3.05) is 0 Å². The number of hydrogen-bond acceptors (Lipinski definition) is 1. The van der Waals surface area contributed by atoms with Crippen LogP contribution in [-0.2, 0) is 0 Å². The zero-order valence-corrected chi connectivity index (χ0v) is 9.81. The third kappa shape index (κ3) is 1.64. The van der Waals surface area contributed by atoms with E-state index in [0.717, 1.165) is 23.2 Å². The summed E-state index contributed by atoms with van der Waals surface area (Å²) >= 11 is 0. The van der Waals surface area contributed by atoms with Crippen LogP contribution in [0.5, 0.6) is 0 Å². The van der Waals surface area contributed by atoms with Gasteiger partial charge in [0.25, 0.3) is 0 Å². The minimum absolute atomic E-state index is 0.958. The van der Waals surface area contributed by atoms with E-state index in [1.165, 1.54) is 10.8 Å². The molecular weight excluding hydrogens is 208 g/mol. The van der Waals surface area contributed by atoms with Gasteiger partial charge in [-0.15, -0.1) is 0 Å². The van der Waals surface area contributed by atoms with Crippen LogP contribution < -0.4 is 0 Å². The second kappa shape index (κ2) is 4.10. The molecule has 0 fully saturated rings. The van der Waals surface area contributed by atoms with Crippen LogP contribution in [0, 0.1) is 0 Å². The minimum atomic E-state index is 0.958. The summed E-state index contributed by atoms with van der Waals surface area (Å²) in [5.74, 6) is 0. The molecule has 0 saturated carbocycles. The highest BCUT2D eigenvalue weighted by atomic mass is 16.3. The van der Waals surface area contributed by atoms with Crippen molar-refractivity contribution in [2.45, 2.75) is 13.3 Å². The lowest BCUT2D eigenvalue weighted by Crippen LogP contribution is -1.72. The summed E-state index contributed by atoms with van der Waals surface area (Å²) in [4.78, 5) is 0. The van der Waals surface area contributed by atoms with Crippen molar-refractivity contribution < 1.29 is 4.42 Å². The summed E-state index contributed by atoms with van der Waals surface area (Å²) in [6.07, 6.45) is 5.32. The molecule has 0 saturated heterocycles. The Labute approximate surface area is 100 Å². The van der Waals surface area contributed by atoms with E-state index in [0.29, 0.717) is 0 Å². The Morgan fingerprint density at radius 2 is 1.82 bits per heavy atom. The summed E-state index contributed by atoms with van der Waals surface area (Å²) in [6.45, 7) is 2.13. The summed E-state index contributed by atoms with van der Waals surface area (Å²) in [6, 6.07) is 14.5. The van der Waals surface area contributed by atoms with Gasteiger partial charge in [0.2, 0.25) is 0 Å². The minimum Gasteiger partial charge on any atom is -0.455 e. The smallest absolute Gasteiger partial charge is 0.142 e. The standard InChI is InChI=1S/C16H14O/c1-2-3-7-12-8-6-10-14-13-9-4-5-11-15(13)17-16(12)14/h3-11H,2H2,1H3/b7-3-. The molecule has 84 valence electrons. The molecule has 0 atom stereocenters. The largest absolute Gasteiger partial charge is 0.455 e. The maximum Gasteiger partial charge on any atom is 0.142 e. The first-order valence-electron chi connectivity index (χ1n) is 5.97. The Kier molecular flexibility index (Phi) is 2.45. The van der Waals surface area contributed by atoms with E-state index in [2.05, 4.69) is 43.3 Å². The van der Waals surface area contributed by atoms with E-state index in [1.54, 1.807) is 0 Å². The van der Waals surface area contributed by atoms with E-state index >= 15 is 0 Å². The predicted octanol–water partition coefficient (Wildman–Crippen LogP) is 5.01. The molecule has 0 aliphatic rings. The van der Waals surface area contributed by atoms with E-state index in [4.69, 9.17) is 4.42 Å². The summed E-state index contributed by atoms with van der Waals surface area (Å²) in [5.41, 5.74) is 3.10. The molecule has 1 aromatic heterocycles. The van der Waals surface area contributed by atoms with Crippen LogP contribution in [-0.4, -0.2) is 0 Å². The van der Waals surface area contributed by atoms with Gasteiger partial charge in [-0.05, 0) is 12.5 Å². The number of para-hydroxylation sites is 2. The Bertz CT molecular complexity index is 689. The van der Waals surface area contributed by atoms with Crippen molar-refractivity contribution in [2.24, 2.45) is 0 Å². The van der Waals surface area contributed by atoms with Crippen LogP contribution in [0.15, 0.2) is 53.0 Å². The van der Waals surface area contributed by atoms with Gasteiger partial charge < -0.3 is 4.42 Å². The van der Waals surface area contributed by atoms with Gasteiger partial charge in [0.1, 0.15) is 11.2 Å². The molecule has 0 amide bonds. The lowest BCUT2D eigenvalue weighted by molar-refractivity contribution is 0.668. The highest BCUT2D eigenvalue weighted by molar-refractivity contribution is 6.07. The van der Waals surface area contributed by atoms with Crippen molar-refractivity contribution >= 4 is 28.0 Å². The van der Waals surface area contributed by atoms with Gasteiger partial charge in [-0.3, -0.25) is 0 Å². The molecule has 0 unspecified atom stereocenters. The molecule has 3 aromatic rings. The third-order valence-corrected chi connectivity index (χ3v) is 2.97. The fraction of sp³-hybridized carbons (Fsp3) is 0.125. The highest BCUT2D eigenvalue weighted by Crippen LogP contribution is 2.31. The average molecular weight is 222 g/mol. The van der Waals surface area contributed by atoms with Crippen LogP contribution >= 0.6 is 0 Å². The zero-order valence-electron chi connectivity index (χ0n) is 9.81. The fourth-order valence-electron chi connectivity index (χ4n) is 2.15. The molecule has 0 bridgehead atoms. The number of fused-ring (bicyclic) bond motifs is 3. The monoisotopic (exact) mass is 222 g/mol. The van der Waals surface area contributed by atoms with E-state index < -0.39 is 0 Å². The van der Waals surface area contributed by atoms with Crippen LogP contribution in [0.1, 0.15) is 18.9 Å². The van der Waals surface area contributed by atoms with Crippen molar-refractivity contribution in [3.05, 3.63) is 54.1 Å². The van der Waals surface area contributed by atoms with Crippen LogP contribution in [0.4, 0.5) is 0 Å². The second-order valence-electron chi connectivity index (χ2n) is 4.13. The van der Waals surface area contributed by atoms with E-state index in [1.807, 2.05) is 18.2 Å². The maximum atomic E-state index is 5.93. The first-order valence-corrected chi connectivity index (χ1v) is 5.97. The molecule has 1 heterocycles. The van der Waals surface area contributed by atoms with Crippen molar-refractivity contribution in [1.82, 2.24) is 0 Å². The fourth-order valence-corrected chi connectivity index (χ4v) is 2.15. The Morgan fingerprint density at radius 3 is 2.71 bits per heavy atom. The van der Waals surface area contributed by atoms with Crippen molar-refractivity contribution in [1.29, 1.82) is 0 Å². The quantitative estimate of drug-likeness (QED) is 0.594. The summed E-state index contributed by atoms with van der Waals surface area (Å²) in [7, 11) is 0. The molecule has 3 rings (SSSR count). The number of benzene rings is 2. The Balaban J connectivity index is 2.35. The number of furan rings is 1. The van der Waals surface area contributed by atoms with Gasteiger partial charge in [0.05, 0.1) is 0 Å². The normalized spacial score (nSPS) is 11.8. The number of hydrogen-bond donors (Lipinski definition) is 0. The average Bonchev–Trinajstić information content (AvgIpc) is 2.75. The topological polar surface area (TPSA) is 13.1 Å². The molecule has 1 heteroatoms. The zero-order chi connectivity index (χ0) is 11.7. The number of allylic oxidation sites excluding steroid dienone is 1. The van der Waals surface area contributed by atoms with E-state index in [9.17, 15) is 0 Å². The molecular formula is C16H14O. The van der Waals surface area contributed by atoms with Crippen LogP contribution in [0.2, 0.25) is 0 Å². The molecule has 0 N–H and O–H groups in total. The van der Waals surface area contributed by atoms with Crippen molar-refractivity contribution in [3.8, 4) is 0 Å². The summed E-state index contributed by atoms with van der Waals surface area (Å²) in [5, 5.41) is 2.38. The van der Waals surface area contributed by atoms with Crippen molar-refractivity contribution in [3.63, 3.8) is 0 Å². The lowest BCUT2D eigenvalue weighted by Gasteiger charge is -1.94. The molecule has 17 heavy (non-hydrogen) atoms. The maximum absolute atomic E-state index is 5.93. The molecule has 0 spiro atoms. The van der Waals surface area contributed by atoms with Crippen LogP contribution in [0.3, 0.4) is 0 Å². The van der Waals surface area contributed by atoms with Gasteiger partial charge in [0, 0.05) is 16.3 Å². The molecule has 2 aromatic carbocycles. The van der Waals surface area contributed by atoms with Gasteiger partial charge in [0.15, 0.2) is 0 Å². The first kappa shape index (κ1) is 10.2. The number of rotatable bonds is 2. The predicted molar refractivity (Wildman–Crippen MR) is 73.0 cm³/mol. The lowest BCUT2D eigenvalue weighted by atomic mass is 10.1. The van der Waals surface area contributed by atoms with Gasteiger partial charge in [-0.2, -0.15) is 0 Å². The van der Waals surface area contributed by atoms with Crippen LogP contribution in [0.25, 0.3) is 28.0 Å². The Morgan fingerprint density at radius 1 is 1.00 bits per heavy atom. The molecule has 0 radical (unpaired) electrons. The SMILES string of the molecule is CC/C=C\c1cccc2c1oc1ccccc12. The molecule has 0 aliphatic carbocycles.